The summed E-state index contributed by atoms with van der Waals surface area (Å²) in [4.78, 5) is 10.1. The fraction of sp³-hybridized carbons (Fsp3) is 0.474. The lowest BCUT2D eigenvalue weighted by molar-refractivity contribution is 0.174. The number of nitrogens with one attached hydrogen (secondary N) is 2. The molecule has 1 aliphatic carbocycles. The highest BCUT2D eigenvalue weighted by Crippen LogP contribution is 2.49. The van der Waals surface area contributed by atoms with Crippen molar-refractivity contribution in [2.24, 2.45) is 4.99 Å². The van der Waals surface area contributed by atoms with Gasteiger partial charge in [0.1, 0.15) is 0 Å². The zero-order valence-electron chi connectivity index (χ0n) is 15.4. The molecule has 4 rings (SSSR count). The lowest BCUT2D eigenvalue weighted by Crippen LogP contribution is -2.40. The molecule has 138 valence electrons. The number of ether oxygens (including phenoxy) is 2. The molecule has 6 nitrogen and oxygen atoms in total. The molecule has 0 atom stereocenters. The highest BCUT2D eigenvalue weighted by Gasteiger charge is 2.44. The number of rotatable bonds is 5. The summed E-state index contributed by atoms with van der Waals surface area (Å²) in [6, 6.07) is 6.29. The van der Waals surface area contributed by atoms with Crippen LogP contribution < -0.4 is 20.1 Å². The van der Waals surface area contributed by atoms with Crippen molar-refractivity contribution < 1.29 is 9.47 Å². The van der Waals surface area contributed by atoms with Crippen LogP contribution in [0.25, 0.3) is 0 Å². The van der Waals surface area contributed by atoms with Gasteiger partial charge in [-0.05, 0) is 44.4 Å². The van der Waals surface area contributed by atoms with E-state index in [2.05, 4.69) is 39.7 Å². The maximum atomic E-state index is 5.53. The summed E-state index contributed by atoms with van der Waals surface area (Å²) >= 11 is 1.73. The van der Waals surface area contributed by atoms with E-state index in [1.807, 2.05) is 13.0 Å². The molecule has 0 unspecified atom stereocenters. The Labute approximate surface area is 157 Å². The van der Waals surface area contributed by atoms with Crippen molar-refractivity contribution in [2.45, 2.75) is 38.6 Å². The molecule has 1 aromatic heterocycles. The van der Waals surface area contributed by atoms with Crippen LogP contribution in [-0.2, 0) is 12.0 Å². The van der Waals surface area contributed by atoms with Crippen LogP contribution >= 0.6 is 11.3 Å². The Morgan fingerprint density at radius 1 is 1.23 bits per heavy atom. The van der Waals surface area contributed by atoms with E-state index in [0.29, 0.717) is 6.79 Å². The smallest absolute Gasteiger partial charge is 0.231 e. The average molecular weight is 372 g/mol. The van der Waals surface area contributed by atoms with Crippen LogP contribution in [0, 0.1) is 13.8 Å². The van der Waals surface area contributed by atoms with E-state index in [-0.39, 0.29) is 5.41 Å². The van der Waals surface area contributed by atoms with Gasteiger partial charge in [0.2, 0.25) is 6.79 Å². The van der Waals surface area contributed by atoms with Crippen molar-refractivity contribution >= 4 is 17.3 Å². The quantitative estimate of drug-likeness (QED) is 0.624. The second-order valence-electron chi connectivity index (χ2n) is 6.87. The van der Waals surface area contributed by atoms with Crippen LogP contribution in [-0.4, -0.2) is 31.3 Å². The summed E-state index contributed by atoms with van der Waals surface area (Å²) in [5.41, 5.74) is 2.56. The Bertz CT molecular complexity index is 842. The Morgan fingerprint density at radius 2 is 2.04 bits per heavy atom. The summed E-state index contributed by atoms with van der Waals surface area (Å²) in [6.45, 7) is 6.00. The van der Waals surface area contributed by atoms with Gasteiger partial charge in [-0.3, -0.25) is 4.99 Å². The molecule has 0 amide bonds. The monoisotopic (exact) mass is 372 g/mol. The molecule has 2 heterocycles. The van der Waals surface area contributed by atoms with E-state index < -0.39 is 0 Å². The van der Waals surface area contributed by atoms with Crippen molar-refractivity contribution in [3.8, 4) is 11.5 Å². The summed E-state index contributed by atoms with van der Waals surface area (Å²) in [7, 11) is 1.81. The van der Waals surface area contributed by atoms with Gasteiger partial charge in [0.25, 0.3) is 0 Å². The van der Waals surface area contributed by atoms with Gasteiger partial charge in [0.05, 0.1) is 17.2 Å². The van der Waals surface area contributed by atoms with Gasteiger partial charge in [-0.25, -0.2) is 4.98 Å². The Kier molecular flexibility index (Phi) is 4.48. The average Bonchev–Trinajstić information content (AvgIpc) is 3.15. The number of nitrogens with zero attached hydrogens (tertiary/aromatic N) is 2. The van der Waals surface area contributed by atoms with Crippen LogP contribution in [0.1, 0.15) is 34.0 Å². The number of benzene rings is 1. The predicted octanol–water partition coefficient (Wildman–Crippen LogP) is 2.89. The minimum Gasteiger partial charge on any atom is -0.454 e. The lowest BCUT2D eigenvalue weighted by Gasteiger charge is -2.19. The van der Waals surface area contributed by atoms with Gasteiger partial charge in [0, 0.05) is 23.9 Å². The maximum Gasteiger partial charge on any atom is 0.231 e. The van der Waals surface area contributed by atoms with Gasteiger partial charge in [-0.2, -0.15) is 0 Å². The summed E-state index contributed by atoms with van der Waals surface area (Å²) in [5, 5.41) is 7.98. The zero-order valence-corrected chi connectivity index (χ0v) is 16.2. The first-order valence-corrected chi connectivity index (χ1v) is 9.69. The third-order valence-electron chi connectivity index (χ3n) is 5.07. The van der Waals surface area contributed by atoms with Gasteiger partial charge < -0.3 is 20.1 Å². The Balaban J connectivity index is 1.37. The van der Waals surface area contributed by atoms with Gasteiger partial charge in [-0.15, -0.1) is 11.3 Å². The molecule has 1 aromatic carbocycles. The Hall–Kier alpha value is -2.28. The van der Waals surface area contributed by atoms with Crippen molar-refractivity contribution in [1.82, 2.24) is 15.6 Å². The van der Waals surface area contributed by atoms with E-state index in [0.717, 1.165) is 41.2 Å². The molecular formula is C19H24N4O2S. The summed E-state index contributed by atoms with van der Waals surface area (Å²) in [5.74, 6) is 2.51. The van der Waals surface area contributed by atoms with Crippen LogP contribution in [0.15, 0.2) is 23.2 Å². The minimum atomic E-state index is 0.162. The first-order chi connectivity index (χ1) is 12.6. The molecule has 2 N–H and O–H groups in total. The van der Waals surface area contributed by atoms with Crippen molar-refractivity contribution in [1.29, 1.82) is 0 Å². The molecule has 0 saturated heterocycles. The second kappa shape index (κ2) is 6.79. The maximum absolute atomic E-state index is 5.53. The minimum absolute atomic E-state index is 0.162. The van der Waals surface area contributed by atoms with Gasteiger partial charge in [0.15, 0.2) is 17.5 Å². The molecule has 1 aliphatic heterocycles. The van der Waals surface area contributed by atoms with Gasteiger partial charge >= 0.3 is 0 Å². The fourth-order valence-electron chi connectivity index (χ4n) is 3.32. The number of fused-ring (bicyclic) bond motifs is 1. The molecule has 1 fully saturated rings. The fourth-order valence-corrected chi connectivity index (χ4v) is 4.20. The predicted molar refractivity (Wildman–Crippen MR) is 103 cm³/mol. The number of aromatic nitrogens is 1. The summed E-state index contributed by atoms with van der Waals surface area (Å²) < 4.78 is 10.9. The van der Waals surface area contributed by atoms with Crippen molar-refractivity contribution in [2.75, 3.05) is 20.4 Å². The van der Waals surface area contributed by atoms with Crippen molar-refractivity contribution in [3.63, 3.8) is 0 Å². The third-order valence-corrected chi connectivity index (χ3v) is 6.15. The first-order valence-electron chi connectivity index (χ1n) is 8.87. The number of aryl methyl sites for hydroxylation is 2. The lowest BCUT2D eigenvalue weighted by atomic mass is 9.95. The Morgan fingerprint density at radius 3 is 2.73 bits per heavy atom. The molecule has 2 aromatic rings. The topological polar surface area (TPSA) is 67.8 Å². The molecule has 7 heteroatoms. The van der Waals surface area contributed by atoms with E-state index in [4.69, 9.17) is 9.47 Å². The standard InChI is InChI=1S/C19H24N4O2S/c1-12-17(26-13(2)23-12)9-21-18(20-3)22-10-19(6-7-19)14-4-5-15-16(8-14)25-11-24-15/h4-5,8H,6-7,9-11H2,1-3H3,(H2,20,21,22). The number of hydrogen-bond acceptors (Lipinski definition) is 5. The van der Waals surface area contributed by atoms with E-state index in [9.17, 15) is 0 Å². The number of aliphatic imine (C=N–C) groups is 1. The first kappa shape index (κ1) is 17.1. The van der Waals surface area contributed by atoms with Crippen LogP contribution in [0.2, 0.25) is 0 Å². The van der Waals surface area contributed by atoms with E-state index in [1.165, 1.54) is 23.3 Å². The van der Waals surface area contributed by atoms with Crippen LogP contribution in [0.4, 0.5) is 0 Å². The van der Waals surface area contributed by atoms with E-state index >= 15 is 0 Å². The van der Waals surface area contributed by atoms with E-state index in [1.54, 1.807) is 18.4 Å². The van der Waals surface area contributed by atoms with Crippen LogP contribution in [0.3, 0.4) is 0 Å². The largest absolute Gasteiger partial charge is 0.454 e. The van der Waals surface area contributed by atoms with Gasteiger partial charge in [-0.1, -0.05) is 6.07 Å². The molecule has 1 saturated carbocycles. The third kappa shape index (κ3) is 3.35. The van der Waals surface area contributed by atoms with Crippen molar-refractivity contribution in [3.05, 3.63) is 39.3 Å². The molecule has 0 bridgehead atoms. The molecular weight excluding hydrogens is 348 g/mol. The second-order valence-corrected chi connectivity index (χ2v) is 8.16. The molecule has 2 aliphatic rings. The SMILES string of the molecule is CN=C(NCc1sc(C)nc1C)NCC1(c2ccc3c(c2)OCO3)CC1. The number of guanidine groups is 1. The molecule has 0 radical (unpaired) electrons. The summed E-state index contributed by atoms with van der Waals surface area (Å²) in [6.07, 6.45) is 2.34. The highest BCUT2D eigenvalue weighted by atomic mass is 32.1. The normalized spacial score (nSPS) is 17.3. The number of hydrogen-bond donors (Lipinski definition) is 2. The highest BCUT2D eigenvalue weighted by molar-refractivity contribution is 7.11. The molecule has 0 spiro atoms. The van der Waals surface area contributed by atoms with Crippen LogP contribution in [0.5, 0.6) is 11.5 Å². The zero-order chi connectivity index (χ0) is 18.1. The molecule has 26 heavy (non-hydrogen) atoms. The number of thiazole rings is 1.